The Morgan fingerprint density at radius 3 is 1.85 bits per heavy atom. The Kier molecular flexibility index (Phi) is 3.94. The Labute approximate surface area is 81.7 Å². The Balaban J connectivity index is 2.83. The largest absolute Gasteiger partial charge is 0.508 e. The average Bonchev–Trinajstić information content (AvgIpc) is 2.04. The topological polar surface area (TPSA) is 20.2 Å². The SMILES string of the molecule is CC[B]c1cc(O)cc([B]CC)c1. The Hall–Kier alpha value is -0.850. The average molecular weight is 172 g/mol. The van der Waals surface area contributed by atoms with Crippen LogP contribution >= 0.6 is 0 Å². The summed E-state index contributed by atoms with van der Waals surface area (Å²) in [6, 6.07) is 5.67. The molecule has 0 unspecified atom stereocenters. The normalized spacial score (nSPS) is 9.69. The van der Waals surface area contributed by atoms with E-state index in [-0.39, 0.29) is 0 Å². The third kappa shape index (κ3) is 3.17. The van der Waals surface area contributed by atoms with Crippen LogP contribution in [0.4, 0.5) is 0 Å². The van der Waals surface area contributed by atoms with Crippen LogP contribution in [-0.4, -0.2) is 19.7 Å². The van der Waals surface area contributed by atoms with Crippen LogP contribution in [0.3, 0.4) is 0 Å². The second-order valence-electron chi connectivity index (χ2n) is 3.08. The molecule has 0 saturated heterocycles. The van der Waals surface area contributed by atoms with Gasteiger partial charge < -0.3 is 5.11 Å². The van der Waals surface area contributed by atoms with Crippen molar-refractivity contribution in [1.29, 1.82) is 0 Å². The lowest BCUT2D eigenvalue weighted by Gasteiger charge is -2.03. The van der Waals surface area contributed by atoms with E-state index in [4.69, 9.17) is 0 Å². The zero-order valence-corrected chi connectivity index (χ0v) is 8.25. The van der Waals surface area contributed by atoms with Gasteiger partial charge in [-0.15, -0.1) is 0 Å². The van der Waals surface area contributed by atoms with Crippen molar-refractivity contribution in [2.45, 2.75) is 26.5 Å². The quantitative estimate of drug-likeness (QED) is 0.669. The molecular formula is C10H14B2O. The molecule has 0 fully saturated rings. The smallest absolute Gasteiger partial charge is 0.151 e. The summed E-state index contributed by atoms with van der Waals surface area (Å²) in [5, 5.41) is 9.41. The van der Waals surface area contributed by atoms with Gasteiger partial charge >= 0.3 is 0 Å². The third-order valence-corrected chi connectivity index (χ3v) is 1.84. The van der Waals surface area contributed by atoms with Crippen molar-refractivity contribution >= 4 is 25.5 Å². The predicted molar refractivity (Wildman–Crippen MR) is 59.8 cm³/mol. The zero-order valence-electron chi connectivity index (χ0n) is 8.25. The maximum Gasteiger partial charge on any atom is 0.151 e. The van der Waals surface area contributed by atoms with E-state index in [1.54, 1.807) is 12.1 Å². The molecular weight excluding hydrogens is 158 g/mol. The van der Waals surface area contributed by atoms with E-state index in [1.807, 2.05) is 0 Å². The van der Waals surface area contributed by atoms with Gasteiger partial charge in [0.15, 0.2) is 14.6 Å². The minimum Gasteiger partial charge on any atom is -0.508 e. The highest BCUT2D eigenvalue weighted by atomic mass is 16.3. The summed E-state index contributed by atoms with van der Waals surface area (Å²) >= 11 is 0. The molecule has 1 N–H and O–H groups in total. The molecule has 0 aliphatic heterocycles. The Morgan fingerprint density at radius 2 is 1.46 bits per heavy atom. The predicted octanol–water partition coefficient (Wildman–Crippen LogP) is 0.928. The van der Waals surface area contributed by atoms with Crippen LogP contribution in [-0.2, 0) is 0 Å². The molecule has 0 amide bonds. The van der Waals surface area contributed by atoms with Crippen LogP contribution in [0, 0.1) is 0 Å². The van der Waals surface area contributed by atoms with E-state index >= 15 is 0 Å². The van der Waals surface area contributed by atoms with E-state index in [0.29, 0.717) is 5.75 Å². The molecule has 2 radical (unpaired) electrons. The van der Waals surface area contributed by atoms with Gasteiger partial charge in [0, 0.05) is 0 Å². The first-order chi connectivity index (χ1) is 6.26. The fraction of sp³-hybridized carbons (Fsp3) is 0.400. The van der Waals surface area contributed by atoms with Gasteiger partial charge in [-0.05, 0) is 12.1 Å². The fourth-order valence-corrected chi connectivity index (χ4v) is 1.37. The van der Waals surface area contributed by atoms with Crippen LogP contribution in [0.15, 0.2) is 18.2 Å². The monoisotopic (exact) mass is 172 g/mol. The van der Waals surface area contributed by atoms with Crippen LogP contribution in [0.5, 0.6) is 5.75 Å². The highest BCUT2D eigenvalue weighted by Crippen LogP contribution is 2.01. The van der Waals surface area contributed by atoms with Gasteiger partial charge in [-0.3, -0.25) is 0 Å². The first-order valence-electron chi connectivity index (χ1n) is 4.76. The maximum absolute atomic E-state index is 9.41. The van der Waals surface area contributed by atoms with Crippen LogP contribution in [0.2, 0.25) is 12.6 Å². The van der Waals surface area contributed by atoms with Crippen molar-refractivity contribution in [1.82, 2.24) is 0 Å². The molecule has 0 spiro atoms. The zero-order chi connectivity index (χ0) is 9.68. The summed E-state index contributed by atoms with van der Waals surface area (Å²) in [5.41, 5.74) is 2.20. The van der Waals surface area contributed by atoms with Gasteiger partial charge in [-0.1, -0.05) is 43.5 Å². The molecule has 1 aromatic rings. The molecule has 0 aromatic heterocycles. The third-order valence-electron chi connectivity index (χ3n) is 1.84. The van der Waals surface area contributed by atoms with Crippen molar-refractivity contribution in [3.8, 4) is 5.75 Å². The lowest BCUT2D eigenvalue weighted by atomic mass is 9.62. The Morgan fingerprint density at radius 1 is 1.00 bits per heavy atom. The number of phenols is 1. The van der Waals surface area contributed by atoms with Crippen LogP contribution in [0.25, 0.3) is 0 Å². The molecule has 1 nitrogen and oxygen atoms in total. The molecule has 0 atom stereocenters. The molecule has 0 saturated carbocycles. The molecule has 0 aliphatic carbocycles. The van der Waals surface area contributed by atoms with Crippen LogP contribution in [0.1, 0.15) is 13.8 Å². The number of rotatable bonds is 4. The van der Waals surface area contributed by atoms with E-state index in [2.05, 4.69) is 34.5 Å². The van der Waals surface area contributed by atoms with Crippen molar-refractivity contribution in [3.63, 3.8) is 0 Å². The molecule has 0 heterocycles. The van der Waals surface area contributed by atoms with Gasteiger partial charge in [0.2, 0.25) is 0 Å². The molecule has 1 rings (SSSR count). The molecule has 0 bridgehead atoms. The number of hydrogen-bond acceptors (Lipinski definition) is 1. The highest BCUT2D eigenvalue weighted by Gasteiger charge is 2.00. The summed E-state index contributed by atoms with van der Waals surface area (Å²) in [6.07, 6.45) is 1.99. The van der Waals surface area contributed by atoms with Gasteiger partial charge in [0.1, 0.15) is 5.75 Å². The number of aromatic hydroxyl groups is 1. The second-order valence-corrected chi connectivity index (χ2v) is 3.08. The summed E-state index contributed by atoms with van der Waals surface area (Å²) in [5.74, 6) is 0.349. The van der Waals surface area contributed by atoms with Crippen molar-refractivity contribution < 1.29 is 5.11 Å². The van der Waals surface area contributed by atoms with Crippen molar-refractivity contribution in [2.24, 2.45) is 0 Å². The Bertz CT molecular complexity index is 249. The van der Waals surface area contributed by atoms with E-state index in [9.17, 15) is 5.11 Å². The number of benzene rings is 1. The number of hydrogen-bond donors (Lipinski definition) is 1. The molecule has 13 heavy (non-hydrogen) atoms. The minimum absolute atomic E-state index is 0.349. The lowest BCUT2D eigenvalue weighted by molar-refractivity contribution is 0.476. The molecule has 66 valence electrons. The number of phenolic OH excluding ortho intramolecular Hbond substituents is 1. The first-order valence-corrected chi connectivity index (χ1v) is 4.76. The van der Waals surface area contributed by atoms with Crippen molar-refractivity contribution in [2.75, 3.05) is 0 Å². The standard InChI is InChI=1S/C10H14B2O/c1-3-11-8-5-9(12-4-2)7-10(13)6-8/h5-7,13H,3-4H2,1-2H3. The summed E-state index contributed by atoms with van der Waals surface area (Å²) in [6.45, 7) is 4.18. The van der Waals surface area contributed by atoms with E-state index in [1.165, 1.54) is 0 Å². The van der Waals surface area contributed by atoms with E-state index in [0.717, 1.165) is 23.6 Å². The molecule has 3 heteroatoms. The highest BCUT2D eigenvalue weighted by molar-refractivity contribution is 6.57. The summed E-state index contributed by atoms with van der Waals surface area (Å²) in [7, 11) is 4.21. The van der Waals surface area contributed by atoms with Gasteiger partial charge in [-0.25, -0.2) is 0 Å². The lowest BCUT2D eigenvalue weighted by Crippen LogP contribution is -2.22. The maximum atomic E-state index is 9.41. The molecule has 1 aromatic carbocycles. The second kappa shape index (κ2) is 5.00. The van der Waals surface area contributed by atoms with E-state index < -0.39 is 0 Å². The summed E-state index contributed by atoms with van der Waals surface area (Å²) < 4.78 is 0. The van der Waals surface area contributed by atoms with Crippen molar-refractivity contribution in [3.05, 3.63) is 18.2 Å². The van der Waals surface area contributed by atoms with Gasteiger partial charge in [-0.2, -0.15) is 0 Å². The van der Waals surface area contributed by atoms with Gasteiger partial charge in [0.25, 0.3) is 0 Å². The fourth-order valence-electron chi connectivity index (χ4n) is 1.37. The van der Waals surface area contributed by atoms with Gasteiger partial charge in [0.05, 0.1) is 0 Å². The van der Waals surface area contributed by atoms with Crippen LogP contribution < -0.4 is 10.9 Å². The first kappa shape index (κ1) is 10.2. The minimum atomic E-state index is 0.349. The summed E-state index contributed by atoms with van der Waals surface area (Å²) in [4.78, 5) is 0. The molecule has 0 aliphatic rings.